The Morgan fingerprint density at radius 3 is 2.60 bits per heavy atom. The second-order valence-corrected chi connectivity index (χ2v) is 5.70. The summed E-state index contributed by atoms with van der Waals surface area (Å²) in [7, 11) is 4.17. The van der Waals surface area contributed by atoms with Crippen molar-refractivity contribution in [3.63, 3.8) is 0 Å². The summed E-state index contributed by atoms with van der Waals surface area (Å²) in [6.07, 6.45) is 3.61. The molecular weight excluding hydrogens is 259 g/mol. The smallest absolute Gasteiger partial charge is 0.338 e. The first-order valence-electron chi connectivity index (χ1n) is 6.84. The van der Waals surface area contributed by atoms with E-state index in [4.69, 9.17) is 5.11 Å². The van der Waals surface area contributed by atoms with Crippen LogP contribution in [0.5, 0.6) is 0 Å². The number of hydrogen-bond acceptors (Lipinski definition) is 3. The minimum Gasteiger partial charge on any atom is -0.478 e. The lowest BCUT2D eigenvalue weighted by molar-refractivity contribution is 0.0598. The quantitative estimate of drug-likeness (QED) is 0.838. The number of carboxylic acid groups (broad SMARTS) is 1. The Labute approximate surface area is 118 Å². The number of nitrogens with one attached hydrogen (secondary N) is 1. The Kier molecular flexibility index (Phi) is 4.40. The molecule has 4 nitrogen and oxygen atoms in total. The van der Waals surface area contributed by atoms with Crippen molar-refractivity contribution in [2.45, 2.75) is 31.3 Å². The van der Waals surface area contributed by atoms with Crippen LogP contribution in [-0.4, -0.2) is 42.2 Å². The van der Waals surface area contributed by atoms with Crippen molar-refractivity contribution in [3.8, 4) is 0 Å². The van der Waals surface area contributed by atoms with Gasteiger partial charge in [-0.2, -0.15) is 0 Å². The van der Waals surface area contributed by atoms with Crippen molar-refractivity contribution in [2.75, 3.05) is 20.6 Å². The molecule has 5 heteroatoms. The van der Waals surface area contributed by atoms with Crippen LogP contribution in [-0.2, 0) is 6.54 Å². The minimum absolute atomic E-state index is 0.222. The molecule has 0 unspecified atom stereocenters. The fourth-order valence-electron chi connectivity index (χ4n) is 2.65. The zero-order valence-electron chi connectivity index (χ0n) is 11.9. The molecule has 1 saturated carbocycles. The maximum absolute atomic E-state index is 13.6. The van der Waals surface area contributed by atoms with E-state index in [1.165, 1.54) is 31.4 Å². The second kappa shape index (κ2) is 5.89. The monoisotopic (exact) mass is 280 g/mol. The molecule has 0 radical (unpaired) electrons. The normalized spacial score (nSPS) is 17.0. The third-order valence-corrected chi connectivity index (χ3v) is 4.28. The SMILES string of the molecule is CN(C)C1(CNCc2ccc(C(=O)O)c(F)c2)CCC1. The zero-order valence-corrected chi connectivity index (χ0v) is 11.9. The number of likely N-dealkylation sites (N-methyl/N-ethyl adjacent to an activating group) is 1. The number of aromatic carboxylic acids is 1. The van der Waals surface area contributed by atoms with Gasteiger partial charge in [0.1, 0.15) is 5.82 Å². The highest BCUT2D eigenvalue weighted by Crippen LogP contribution is 2.35. The first-order valence-corrected chi connectivity index (χ1v) is 6.84. The molecule has 0 heterocycles. The molecule has 1 fully saturated rings. The average molecular weight is 280 g/mol. The number of hydrogen-bond donors (Lipinski definition) is 2. The minimum atomic E-state index is -1.23. The molecule has 1 aromatic rings. The standard InChI is InChI=1S/C15H21FN2O2/c1-18(2)15(6-3-7-15)10-17-9-11-4-5-12(14(19)20)13(16)8-11/h4-5,8,17H,3,6-7,9-10H2,1-2H3,(H,19,20). The molecule has 2 N–H and O–H groups in total. The summed E-state index contributed by atoms with van der Waals surface area (Å²) in [4.78, 5) is 13.0. The van der Waals surface area contributed by atoms with Gasteiger partial charge >= 0.3 is 5.97 Å². The summed E-state index contributed by atoms with van der Waals surface area (Å²) in [5.74, 6) is -1.91. The Morgan fingerprint density at radius 1 is 1.45 bits per heavy atom. The van der Waals surface area contributed by atoms with Crippen LogP contribution in [0.15, 0.2) is 18.2 Å². The molecule has 110 valence electrons. The van der Waals surface area contributed by atoms with Crippen molar-refractivity contribution in [1.82, 2.24) is 10.2 Å². The van der Waals surface area contributed by atoms with Gasteiger partial charge in [0.2, 0.25) is 0 Å². The van der Waals surface area contributed by atoms with E-state index in [-0.39, 0.29) is 11.1 Å². The van der Waals surface area contributed by atoms with Gasteiger partial charge in [0, 0.05) is 18.6 Å². The van der Waals surface area contributed by atoms with Gasteiger partial charge in [-0.1, -0.05) is 6.07 Å². The van der Waals surface area contributed by atoms with Crippen LogP contribution >= 0.6 is 0 Å². The molecule has 20 heavy (non-hydrogen) atoms. The third-order valence-electron chi connectivity index (χ3n) is 4.28. The van der Waals surface area contributed by atoms with Gasteiger partial charge in [-0.15, -0.1) is 0 Å². The molecule has 0 aromatic heterocycles. The Bertz CT molecular complexity index is 499. The van der Waals surface area contributed by atoms with Gasteiger partial charge in [0.05, 0.1) is 5.56 Å². The Hall–Kier alpha value is -1.46. The lowest BCUT2D eigenvalue weighted by atomic mass is 9.75. The van der Waals surface area contributed by atoms with Gasteiger partial charge in [0.25, 0.3) is 0 Å². The van der Waals surface area contributed by atoms with Gasteiger partial charge in [-0.25, -0.2) is 9.18 Å². The molecule has 1 aliphatic carbocycles. The molecule has 0 aliphatic heterocycles. The van der Waals surface area contributed by atoms with Crippen molar-refractivity contribution >= 4 is 5.97 Å². The molecule has 2 rings (SSSR count). The number of rotatable bonds is 6. The predicted octanol–water partition coefficient (Wildman–Crippen LogP) is 2.10. The number of benzene rings is 1. The van der Waals surface area contributed by atoms with Crippen LogP contribution in [0.2, 0.25) is 0 Å². The van der Waals surface area contributed by atoms with E-state index >= 15 is 0 Å². The van der Waals surface area contributed by atoms with Crippen LogP contribution in [0.3, 0.4) is 0 Å². The molecule has 0 bridgehead atoms. The number of halogens is 1. The second-order valence-electron chi connectivity index (χ2n) is 5.70. The zero-order chi connectivity index (χ0) is 14.8. The largest absolute Gasteiger partial charge is 0.478 e. The molecule has 0 saturated heterocycles. The molecular formula is C15H21FN2O2. The van der Waals surface area contributed by atoms with Gasteiger partial charge in [-0.3, -0.25) is 0 Å². The summed E-state index contributed by atoms with van der Waals surface area (Å²) in [6.45, 7) is 1.41. The molecule has 0 atom stereocenters. The average Bonchev–Trinajstić information content (AvgIpc) is 2.31. The first kappa shape index (κ1) is 14.9. The lowest BCUT2D eigenvalue weighted by Gasteiger charge is -2.47. The van der Waals surface area contributed by atoms with Crippen LogP contribution < -0.4 is 5.32 Å². The fraction of sp³-hybridized carbons (Fsp3) is 0.533. The molecule has 0 spiro atoms. The summed E-state index contributed by atoms with van der Waals surface area (Å²) in [5.41, 5.74) is 0.706. The van der Waals surface area contributed by atoms with E-state index in [2.05, 4.69) is 24.3 Å². The molecule has 0 amide bonds. The lowest BCUT2D eigenvalue weighted by Crippen LogP contribution is -2.56. The summed E-state index contributed by atoms with van der Waals surface area (Å²) in [5, 5.41) is 12.1. The van der Waals surface area contributed by atoms with Crippen LogP contribution in [0.25, 0.3) is 0 Å². The van der Waals surface area contributed by atoms with Crippen molar-refractivity contribution < 1.29 is 14.3 Å². The van der Waals surface area contributed by atoms with E-state index in [0.717, 1.165) is 12.1 Å². The van der Waals surface area contributed by atoms with Crippen molar-refractivity contribution in [1.29, 1.82) is 0 Å². The van der Waals surface area contributed by atoms with Crippen LogP contribution in [0.4, 0.5) is 4.39 Å². The van der Waals surface area contributed by atoms with Crippen LogP contribution in [0.1, 0.15) is 35.2 Å². The van der Waals surface area contributed by atoms with E-state index in [0.29, 0.717) is 6.54 Å². The summed E-state index contributed by atoms with van der Waals surface area (Å²) < 4.78 is 13.6. The fourth-order valence-corrected chi connectivity index (χ4v) is 2.65. The van der Waals surface area contributed by atoms with E-state index in [1.807, 2.05) is 0 Å². The van der Waals surface area contributed by atoms with Gasteiger partial charge < -0.3 is 15.3 Å². The van der Waals surface area contributed by atoms with E-state index < -0.39 is 11.8 Å². The van der Waals surface area contributed by atoms with Crippen molar-refractivity contribution in [2.24, 2.45) is 0 Å². The number of carbonyl (C=O) groups is 1. The van der Waals surface area contributed by atoms with E-state index in [9.17, 15) is 9.18 Å². The van der Waals surface area contributed by atoms with Crippen molar-refractivity contribution in [3.05, 3.63) is 35.1 Å². The van der Waals surface area contributed by atoms with Crippen LogP contribution in [0, 0.1) is 5.82 Å². The summed E-state index contributed by atoms with van der Waals surface area (Å²) in [6, 6.07) is 4.27. The number of carboxylic acids is 1. The van der Waals surface area contributed by atoms with Gasteiger partial charge in [-0.05, 0) is 51.1 Å². The highest BCUT2D eigenvalue weighted by Gasteiger charge is 2.38. The number of nitrogens with zero attached hydrogens (tertiary/aromatic N) is 1. The predicted molar refractivity (Wildman–Crippen MR) is 75.3 cm³/mol. The Balaban J connectivity index is 1.91. The highest BCUT2D eigenvalue weighted by atomic mass is 19.1. The third kappa shape index (κ3) is 2.99. The first-order chi connectivity index (χ1) is 9.44. The molecule has 1 aliphatic rings. The maximum Gasteiger partial charge on any atom is 0.338 e. The Morgan fingerprint density at radius 2 is 2.15 bits per heavy atom. The van der Waals surface area contributed by atoms with Gasteiger partial charge in [0.15, 0.2) is 0 Å². The topological polar surface area (TPSA) is 52.6 Å². The maximum atomic E-state index is 13.6. The summed E-state index contributed by atoms with van der Waals surface area (Å²) >= 11 is 0. The highest BCUT2D eigenvalue weighted by molar-refractivity contribution is 5.87. The van der Waals surface area contributed by atoms with E-state index in [1.54, 1.807) is 6.07 Å². The molecule has 1 aromatic carbocycles.